The van der Waals surface area contributed by atoms with Crippen molar-refractivity contribution < 1.29 is 29.0 Å². The Morgan fingerprint density at radius 2 is 1.86 bits per heavy atom. The molecule has 0 radical (unpaired) electrons. The molecule has 1 aliphatic carbocycles. The number of phenolic OH excluding ortho intramolecular Hbond substituents is 1. The first-order valence-corrected chi connectivity index (χ1v) is 9.65. The smallest absolute Gasteiger partial charge is 0.336 e. The normalized spacial score (nSPS) is 26.5. The van der Waals surface area contributed by atoms with Crippen molar-refractivity contribution in [3.63, 3.8) is 0 Å². The van der Waals surface area contributed by atoms with Crippen molar-refractivity contribution in [2.24, 2.45) is 22.7 Å². The van der Waals surface area contributed by atoms with E-state index in [1.165, 1.54) is 19.2 Å². The Balaban J connectivity index is 2.17. The Morgan fingerprint density at radius 3 is 2.45 bits per heavy atom. The first kappa shape index (κ1) is 20.8. The van der Waals surface area contributed by atoms with Gasteiger partial charge in [0.15, 0.2) is 5.78 Å². The highest BCUT2D eigenvalue weighted by Gasteiger charge is 2.51. The number of nitrogens with zero attached hydrogens (tertiary/aromatic N) is 1. The molecule has 1 aliphatic heterocycles. The number of ether oxygens (including phenoxy) is 2. The summed E-state index contributed by atoms with van der Waals surface area (Å²) in [5.41, 5.74) is 2.14. The summed E-state index contributed by atoms with van der Waals surface area (Å²) < 4.78 is 10.1. The van der Waals surface area contributed by atoms with Crippen LogP contribution in [0.5, 0.6) is 5.75 Å². The van der Waals surface area contributed by atoms with Gasteiger partial charge in [-0.15, -0.1) is 0 Å². The van der Waals surface area contributed by atoms with Gasteiger partial charge in [-0.2, -0.15) is 0 Å². The molecule has 1 aromatic rings. The van der Waals surface area contributed by atoms with Crippen LogP contribution in [0.3, 0.4) is 0 Å². The van der Waals surface area contributed by atoms with E-state index in [-0.39, 0.29) is 24.1 Å². The van der Waals surface area contributed by atoms with Crippen molar-refractivity contribution >= 4 is 23.4 Å². The lowest BCUT2D eigenvalue weighted by molar-refractivity contribution is -0.152. The summed E-state index contributed by atoms with van der Waals surface area (Å²) in [5.74, 6) is -3.90. The molecule has 0 aromatic heterocycles. The van der Waals surface area contributed by atoms with Gasteiger partial charge in [0.2, 0.25) is 0 Å². The molecule has 0 spiro atoms. The summed E-state index contributed by atoms with van der Waals surface area (Å²) in [6.45, 7) is 5.45. The Morgan fingerprint density at radius 1 is 1.21 bits per heavy atom. The molecule has 1 N–H and O–H groups in total. The van der Waals surface area contributed by atoms with Gasteiger partial charge < -0.3 is 14.6 Å². The van der Waals surface area contributed by atoms with Gasteiger partial charge in [-0.1, -0.05) is 19.1 Å². The molecule has 4 atom stereocenters. The number of allylic oxidation sites excluding steroid dienone is 1. The molecule has 3 rings (SSSR count). The van der Waals surface area contributed by atoms with E-state index in [4.69, 9.17) is 9.47 Å². The third-order valence-electron chi connectivity index (χ3n) is 5.62. The number of hydrogen-bond acceptors (Lipinski definition) is 7. The molecule has 0 bridgehead atoms. The summed E-state index contributed by atoms with van der Waals surface area (Å²) >= 11 is 0. The van der Waals surface area contributed by atoms with Gasteiger partial charge in [-0.05, 0) is 43.9 Å². The number of phenols is 1. The summed E-state index contributed by atoms with van der Waals surface area (Å²) in [5, 5.41) is 9.68. The largest absolute Gasteiger partial charge is 0.508 e. The van der Waals surface area contributed by atoms with Crippen LogP contribution in [0.1, 0.15) is 38.7 Å². The number of carbonyl (C=O) groups is 3. The van der Waals surface area contributed by atoms with Crippen LogP contribution < -0.4 is 0 Å². The lowest BCUT2D eigenvalue weighted by atomic mass is 9.64. The highest BCUT2D eigenvalue weighted by Crippen LogP contribution is 2.46. The number of esters is 2. The quantitative estimate of drug-likeness (QED) is 0.617. The fourth-order valence-corrected chi connectivity index (χ4v) is 4.35. The average molecular weight is 399 g/mol. The van der Waals surface area contributed by atoms with E-state index in [1.54, 1.807) is 26.0 Å². The number of aromatic hydroxyl groups is 1. The van der Waals surface area contributed by atoms with Crippen molar-refractivity contribution in [3.8, 4) is 5.75 Å². The summed E-state index contributed by atoms with van der Waals surface area (Å²) in [7, 11) is 1.26. The average Bonchev–Trinajstić information content (AvgIpc) is 2.67. The zero-order valence-electron chi connectivity index (χ0n) is 17.0. The van der Waals surface area contributed by atoms with Crippen molar-refractivity contribution in [3.05, 3.63) is 41.1 Å². The van der Waals surface area contributed by atoms with Gasteiger partial charge in [0.05, 0.1) is 25.2 Å². The second-order valence-electron chi connectivity index (χ2n) is 7.45. The lowest BCUT2D eigenvalue weighted by Crippen LogP contribution is -2.48. The third kappa shape index (κ3) is 3.69. The number of fused-ring (bicyclic) bond motifs is 1. The van der Waals surface area contributed by atoms with E-state index in [0.29, 0.717) is 29.0 Å². The Kier molecular flexibility index (Phi) is 5.86. The van der Waals surface area contributed by atoms with Crippen LogP contribution >= 0.6 is 0 Å². The molecule has 29 heavy (non-hydrogen) atoms. The fourth-order valence-electron chi connectivity index (χ4n) is 4.35. The summed E-state index contributed by atoms with van der Waals surface area (Å²) in [4.78, 5) is 43.1. The molecular formula is C22H25NO6. The first-order chi connectivity index (χ1) is 13.8. The maximum Gasteiger partial charge on any atom is 0.336 e. The minimum atomic E-state index is -0.912. The van der Waals surface area contributed by atoms with Crippen molar-refractivity contribution in [1.29, 1.82) is 0 Å². The zero-order valence-corrected chi connectivity index (χ0v) is 17.0. The van der Waals surface area contributed by atoms with Crippen LogP contribution in [0.25, 0.3) is 0 Å². The molecule has 7 nitrogen and oxygen atoms in total. The van der Waals surface area contributed by atoms with Crippen LogP contribution in [-0.4, -0.2) is 42.3 Å². The predicted octanol–water partition coefficient (Wildman–Crippen LogP) is 2.78. The van der Waals surface area contributed by atoms with E-state index in [2.05, 4.69) is 4.99 Å². The monoisotopic (exact) mass is 399 g/mol. The molecule has 1 fully saturated rings. The van der Waals surface area contributed by atoms with Crippen molar-refractivity contribution in [2.75, 3.05) is 13.7 Å². The molecule has 0 amide bonds. The van der Waals surface area contributed by atoms with E-state index in [9.17, 15) is 19.5 Å². The fraction of sp³-hybridized carbons (Fsp3) is 0.455. The third-order valence-corrected chi connectivity index (χ3v) is 5.62. The molecule has 1 heterocycles. The molecule has 1 aromatic carbocycles. The molecule has 0 saturated heterocycles. The van der Waals surface area contributed by atoms with E-state index >= 15 is 0 Å². The predicted molar refractivity (Wildman–Crippen MR) is 105 cm³/mol. The molecule has 7 heteroatoms. The van der Waals surface area contributed by atoms with E-state index in [1.807, 2.05) is 6.92 Å². The van der Waals surface area contributed by atoms with Crippen LogP contribution in [0.2, 0.25) is 0 Å². The minimum absolute atomic E-state index is 0.0767. The highest BCUT2D eigenvalue weighted by atomic mass is 16.5. The van der Waals surface area contributed by atoms with Crippen LogP contribution in [0, 0.1) is 17.8 Å². The molecule has 2 aliphatic rings. The lowest BCUT2D eigenvalue weighted by Gasteiger charge is -2.40. The summed E-state index contributed by atoms with van der Waals surface area (Å²) in [6, 6.07) is 6.36. The molecule has 1 saturated carbocycles. The molecule has 154 valence electrons. The van der Waals surface area contributed by atoms with Crippen molar-refractivity contribution in [2.45, 2.75) is 33.1 Å². The maximum absolute atomic E-state index is 13.4. The van der Waals surface area contributed by atoms with Crippen LogP contribution in [0.15, 0.2) is 40.5 Å². The van der Waals surface area contributed by atoms with E-state index in [0.717, 1.165) is 0 Å². The van der Waals surface area contributed by atoms with Gasteiger partial charge in [0, 0.05) is 17.3 Å². The molecule has 0 unspecified atom stereocenters. The van der Waals surface area contributed by atoms with Gasteiger partial charge in [-0.25, -0.2) is 4.79 Å². The Bertz CT molecular complexity index is 898. The SMILES string of the molecule is CCOC(=O)C1=C(C)N=C2C[C@@H](C)[C@@H](C(=O)OC)C(=O)[C@H]2[C@H]1c1ccc(O)cc1. The van der Waals surface area contributed by atoms with Crippen LogP contribution in [0.4, 0.5) is 0 Å². The number of ketones is 1. The van der Waals surface area contributed by atoms with Gasteiger partial charge in [0.1, 0.15) is 11.7 Å². The number of carbonyl (C=O) groups excluding carboxylic acids is 3. The number of aliphatic imine (C=N–C) groups is 1. The maximum atomic E-state index is 13.4. The highest BCUT2D eigenvalue weighted by molar-refractivity contribution is 6.17. The van der Waals surface area contributed by atoms with Crippen LogP contribution in [-0.2, 0) is 23.9 Å². The van der Waals surface area contributed by atoms with Crippen molar-refractivity contribution in [1.82, 2.24) is 0 Å². The van der Waals surface area contributed by atoms with Gasteiger partial charge in [0.25, 0.3) is 0 Å². The number of hydrogen-bond donors (Lipinski definition) is 1. The standard InChI is InChI=1S/C22H25NO6/c1-5-29-22(27)17-12(3)23-15-10-11(2)16(21(26)28-4)20(25)19(15)18(17)13-6-8-14(24)9-7-13/h6-9,11,16,18-19,24H,5,10H2,1-4H3/t11-,16-,18+,19-/m1/s1. The van der Waals surface area contributed by atoms with E-state index < -0.39 is 29.7 Å². The Labute approximate surface area is 169 Å². The minimum Gasteiger partial charge on any atom is -0.508 e. The Hall–Kier alpha value is -2.96. The number of Topliss-reactive ketones (excluding diaryl/α,β-unsaturated/α-hetero) is 1. The summed E-state index contributed by atoms with van der Waals surface area (Å²) in [6.07, 6.45) is 0.457. The number of rotatable bonds is 4. The zero-order chi connectivity index (χ0) is 21.3. The van der Waals surface area contributed by atoms with Gasteiger partial charge >= 0.3 is 11.9 Å². The number of benzene rings is 1. The van der Waals surface area contributed by atoms with Gasteiger partial charge in [-0.3, -0.25) is 14.6 Å². The number of methoxy groups -OCH3 is 1. The second kappa shape index (κ2) is 8.19. The molecular weight excluding hydrogens is 374 g/mol. The topological polar surface area (TPSA) is 102 Å². The first-order valence-electron chi connectivity index (χ1n) is 9.65. The second-order valence-corrected chi connectivity index (χ2v) is 7.45.